The maximum atomic E-state index is 10.7. The van der Waals surface area contributed by atoms with Gasteiger partial charge < -0.3 is 4.74 Å². The third kappa shape index (κ3) is 4.15. The van der Waals surface area contributed by atoms with Gasteiger partial charge >= 0.3 is 0 Å². The van der Waals surface area contributed by atoms with Crippen LogP contribution < -0.4 is 9.30 Å². The molecule has 1 aromatic heterocycles. The van der Waals surface area contributed by atoms with Crippen molar-refractivity contribution < 1.29 is 22.3 Å². The van der Waals surface area contributed by atoms with Crippen LogP contribution in [-0.4, -0.2) is 25.8 Å². The molecule has 5 nitrogen and oxygen atoms in total. The molecule has 6 heteroatoms. The number of fused-ring (bicyclic) bond motifs is 1. The molecule has 0 aliphatic heterocycles. The van der Waals surface area contributed by atoms with Gasteiger partial charge in [0.25, 0.3) is 10.1 Å². The quantitative estimate of drug-likeness (QED) is 0.504. The molecular weight excluding hydrogens is 290 g/mol. The summed E-state index contributed by atoms with van der Waals surface area (Å²) in [4.78, 5) is 0. The Morgan fingerprint density at radius 1 is 1.19 bits per heavy atom. The molecular formula is C15H20NO4S+. The van der Waals surface area contributed by atoms with E-state index in [9.17, 15) is 8.42 Å². The van der Waals surface area contributed by atoms with Crippen molar-refractivity contribution in [2.45, 2.75) is 26.3 Å². The average molecular weight is 310 g/mol. The first-order valence-electron chi connectivity index (χ1n) is 6.83. The Bertz CT molecular complexity index is 741. The third-order valence-electron chi connectivity index (χ3n) is 3.49. The molecule has 2 rings (SSSR count). The molecule has 0 radical (unpaired) electrons. The number of ether oxygens (including phenoxy) is 1. The number of methoxy groups -OCH3 is 1. The second kappa shape index (κ2) is 6.41. The third-order valence-corrected chi connectivity index (χ3v) is 4.29. The molecule has 1 N–H and O–H groups in total. The minimum Gasteiger partial charge on any atom is -0.497 e. The number of rotatable bonds is 6. The van der Waals surface area contributed by atoms with Gasteiger partial charge in [-0.1, -0.05) is 0 Å². The van der Waals surface area contributed by atoms with Crippen molar-refractivity contribution in [1.29, 1.82) is 0 Å². The Morgan fingerprint density at radius 2 is 1.95 bits per heavy atom. The summed E-state index contributed by atoms with van der Waals surface area (Å²) >= 11 is 0. The Balaban J connectivity index is 2.20. The molecule has 0 bridgehead atoms. The molecule has 114 valence electrons. The predicted octanol–water partition coefficient (Wildman–Crippen LogP) is 2.11. The van der Waals surface area contributed by atoms with E-state index in [-0.39, 0.29) is 5.75 Å². The van der Waals surface area contributed by atoms with E-state index in [1.807, 2.05) is 37.3 Å². The van der Waals surface area contributed by atoms with Crippen LogP contribution in [0.15, 0.2) is 30.3 Å². The first-order chi connectivity index (χ1) is 9.90. The molecule has 0 aliphatic rings. The van der Waals surface area contributed by atoms with Crippen LogP contribution in [0, 0.1) is 6.92 Å². The number of pyridine rings is 1. The molecule has 0 unspecified atom stereocenters. The zero-order valence-electron chi connectivity index (χ0n) is 12.2. The minimum absolute atomic E-state index is 0.189. The summed E-state index contributed by atoms with van der Waals surface area (Å²) in [5, 5.41) is 1.08. The fraction of sp³-hybridized carbons (Fsp3) is 0.400. The van der Waals surface area contributed by atoms with Crippen LogP contribution in [0.4, 0.5) is 0 Å². The van der Waals surface area contributed by atoms with E-state index < -0.39 is 10.1 Å². The van der Waals surface area contributed by atoms with E-state index in [1.54, 1.807) is 7.11 Å². The van der Waals surface area contributed by atoms with Gasteiger partial charge in [-0.3, -0.25) is 4.55 Å². The van der Waals surface area contributed by atoms with Crippen molar-refractivity contribution >= 4 is 21.0 Å². The van der Waals surface area contributed by atoms with Gasteiger partial charge in [-0.25, -0.2) is 0 Å². The van der Waals surface area contributed by atoms with Gasteiger partial charge in [0.2, 0.25) is 5.52 Å². The summed E-state index contributed by atoms with van der Waals surface area (Å²) in [5.41, 5.74) is 2.20. The first-order valence-corrected chi connectivity index (χ1v) is 8.44. The van der Waals surface area contributed by atoms with E-state index in [2.05, 4.69) is 4.57 Å². The zero-order chi connectivity index (χ0) is 15.5. The van der Waals surface area contributed by atoms with Crippen LogP contribution >= 0.6 is 0 Å². The van der Waals surface area contributed by atoms with E-state index in [1.165, 1.54) is 0 Å². The van der Waals surface area contributed by atoms with E-state index >= 15 is 0 Å². The molecule has 0 saturated heterocycles. The Labute approximate surface area is 124 Å². The Kier molecular flexibility index (Phi) is 4.80. The largest absolute Gasteiger partial charge is 0.497 e. The Morgan fingerprint density at radius 3 is 2.62 bits per heavy atom. The highest BCUT2D eigenvalue weighted by Crippen LogP contribution is 2.18. The number of hydrogen-bond donors (Lipinski definition) is 1. The molecule has 0 saturated carbocycles. The molecule has 2 aromatic rings. The maximum Gasteiger partial charge on any atom is 0.264 e. The van der Waals surface area contributed by atoms with Gasteiger partial charge in [0, 0.05) is 25.5 Å². The fourth-order valence-corrected chi connectivity index (χ4v) is 2.95. The van der Waals surface area contributed by atoms with Gasteiger partial charge in [-0.15, -0.1) is 0 Å². The molecule has 0 spiro atoms. The molecule has 21 heavy (non-hydrogen) atoms. The highest BCUT2D eigenvalue weighted by Gasteiger charge is 2.13. The lowest BCUT2D eigenvalue weighted by Gasteiger charge is -2.06. The normalized spacial score (nSPS) is 11.8. The predicted molar refractivity (Wildman–Crippen MR) is 81.1 cm³/mol. The van der Waals surface area contributed by atoms with Crippen molar-refractivity contribution in [3.63, 3.8) is 0 Å². The second-order valence-corrected chi connectivity index (χ2v) is 6.62. The zero-order valence-corrected chi connectivity index (χ0v) is 13.1. The SMILES string of the molecule is COc1ccc2c(ccc(C)[n+]2CCCCS(=O)(=O)O)c1. The number of hydrogen-bond acceptors (Lipinski definition) is 3. The lowest BCUT2D eigenvalue weighted by Crippen LogP contribution is -2.38. The van der Waals surface area contributed by atoms with E-state index in [0.717, 1.165) is 22.3 Å². The van der Waals surface area contributed by atoms with E-state index in [4.69, 9.17) is 9.29 Å². The molecule has 0 amide bonds. The van der Waals surface area contributed by atoms with Gasteiger partial charge in [0.15, 0.2) is 5.69 Å². The summed E-state index contributed by atoms with van der Waals surface area (Å²) in [6.45, 7) is 2.73. The van der Waals surface area contributed by atoms with Gasteiger partial charge in [0.1, 0.15) is 12.3 Å². The van der Waals surface area contributed by atoms with Crippen LogP contribution in [0.1, 0.15) is 18.5 Å². The van der Waals surface area contributed by atoms with Gasteiger partial charge in [-0.2, -0.15) is 13.0 Å². The van der Waals surface area contributed by atoms with Crippen LogP contribution in [0.2, 0.25) is 0 Å². The van der Waals surface area contributed by atoms with Crippen LogP contribution in [0.25, 0.3) is 10.9 Å². The minimum atomic E-state index is -3.87. The summed E-state index contributed by atoms with van der Waals surface area (Å²) in [7, 11) is -2.23. The van der Waals surface area contributed by atoms with Crippen molar-refractivity contribution in [2.75, 3.05) is 12.9 Å². The molecule has 0 atom stereocenters. The van der Waals surface area contributed by atoms with Crippen molar-refractivity contribution in [3.05, 3.63) is 36.0 Å². The first kappa shape index (κ1) is 15.7. The van der Waals surface area contributed by atoms with Gasteiger partial charge in [-0.05, 0) is 24.6 Å². The summed E-state index contributed by atoms with van der Waals surface area (Å²) in [6, 6.07) is 9.97. The van der Waals surface area contributed by atoms with Crippen molar-refractivity contribution in [2.24, 2.45) is 0 Å². The lowest BCUT2D eigenvalue weighted by molar-refractivity contribution is -0.677. The highest BCUT2D eigenvalue weighted by atomic mass is 32.2. The molecule has 1 aromatic carbocycles. The number of nitrogens with zero attached hydrogens (tertiary/aromatic N) is 1. The average Bonchev–Trinajstić information content (AvgIpc) is 2.43. The lowest BCUT2D eigenvalue weighted by atomic mass is 10.1. The van der Waals surface area contributed by atoms with Crippen LogP contribution in [-0.2, 0) is 16.7 Å². The van der Waals surface area contributed by atoms with E-state index in [0.29, 0.717) is 19.4 Å². The second-order valence-electron chi connectivity index (χ2n) is 5.04. The molecule has 0 aliphatic carbocycles. The Hall–Kier alpha value is -1.66. The summed E-state index contributed by atoms with van der Waals surface area (Å²) in [6.07, 6.45) is 1.13. The molecule has 1 heterocycles. The summed E-state index contributed by atoms with van der Waals surface area (Å²) in [5.74, 6) is 0.620. The number of benzene rings is 1. The van der Waals surface area contributed by atoms with Crippen LogP contribution in [0.5, 0.6) is 5.75 Å². The number of aryl methyl sites for hydroxylation is 2. The number of aromatic nitrogens is 1. The maximum absolute atomic E-state index is 10.7. The molecule has 0 fully saturated rings. The van der Waals surface area contributed by atoms with Crippen LogP contribution in [0.3, 0.4) is 0 Å². The summed E-state index contributed by atoms with van der Waals surface area (Å²) < 4.78 is 37.6. The smallest absolute Gasteiger partial charge is 0.264 e. The standard InChI is InChI=1S/C15H19NO4S/c1-12-5-6-13-11-14(20-2)7-8-15(13)16(12)9-3-4-10-21(17,18)19/h5-8,11H,3-4,9-10H2,1-2H3/p+1. The van der Waals surface area contributed by atoms with Crippen molar-refractivity contribution in [1.82, 2.24) is 0 Å². The topological polar surface area (TPSA) is 67.5 Å². The monoisotopic (exact) mass is 310 g/mol. The fourth-order valence-electron chi connectivity index (χ4n) is 2.38. The highest BCUT2D eigenvalue weighted by molar-refractivity contribution is 7.85. The van der Waals surface area contributed by atoms with Crippen molar-refractivity contribution in [3.8, 4) is 5.75 Å². The van der Waals surface area contributed by atoms with Gasteiger partial charge in [0.05, 0.1) is 18.2 Å². The number of unbranched alkanes of at least 4 members (excludes halogenated alkanes) is 1.